The van der Waals surface area contributed by atoms with Crippen molar-refractivity contribution < 1.29 is 4.79 Å². The summed E-state index contributed by atoms with van der Waals surface area (Å²) in [5, 5.41) is 9.36. The number of anilines is 1. The van der Waals surface area contributed by atoms with Crippen molar-refractivity contribution >= 4 is 11.9 Å². The number of pyridine rings is 1. The van der Waals surface area contributed by atoms with Crippen LogP contribution in [0.4, 0.5) is 5.95 Å². The Bertz CT molecular complexity index is 710. The van der Waals surface area contributed by atoms with Crippen LogP contribution in [0.15, 0.2) is 49.1 Å². The number of hydrogen-bond acceptors (Lipinski definition) is 5. The van der Waals surface area contributed by atoms with E-state index in [2.05, 4.69) is 30.5 Å². The number of aromatic amines is 1. The van der Waals surface area contributed by atoms with Gasteiger partial charge in [-0.3, -0.25) is 20.2 Å². The van der Waals surface area contributed by atoms with Gasteiger partial charge in [0.2, 0.25) is 5.95 Å². The number of aromatic nitrogens is 5. The standard InChI is InChI=1S/C13H10N6O/c20-12(17-13-15-4-1-5-16-13)11-8-10(18-19-11)9-2-6-14-7-3-9/h1-8H,(H,18,19)(H,15,16,17,20). The highest BCUT2D eigenvalue weighted by molar-refractivity contribution is 6.02. The molecule has 0 aliphatic carbocycles. The Kier molecular flexibility index (Phi) is 3.15. The summed E-state index contributed by atoms with van der Waals surface area (Å²) in [6, 6.07) is 6.97. The quantitative estimate of drug-likeness (QED) is 0.749. The van der Waals surface area contributed by atoms with Crippen LogP contribution in [0.1, 0.15) is 10.5 Å². The van der Waals surface area contributed by atoms with Crippen molar-refractivity contribution in [1.29, 1.82) is 0 Å². The number of nitrogens with zero attached hydrogens (tertiary/aromatic N) is 4. The van der Waals surface area contributed by atoms with Gasteiger partial charge in [-0.15, -0.1) is 0 Å². The number of rotatable bonds is 3. The molecule has 7 heteroatoms. The predicted molar refractivity (Wildman–Crippen MR) is 71.8 cm³/mol. The van der Waals surface area contributed by atoms with E-state index in [1.54, 1.807) is 36.9 Å². The van der Waals surface area contributed by atoms with Gasteiger partial charge in [0.05, 0.1) is 5.69 Å². The largest absolute Gasteiger partial charge is 0.289 e. The van der Waals surface area contributed by atoms with Gasteiger partial charge < -0.3 is 0 Å². The van der Waals surface area contributed by atoms with Gasteiger partial charge in [-0.1, -0.05) is 0 Å². The second-order valence-electron chi connectivity index (χ2n) is 3.93. The topological polar surface area (TPSA) is 96.5 Å². The van der Waals surface area contributed by atoms with E-state index in [1.165, 1.54) is 0 Å². The maximum absolute atomic E-state index is 12.0. The molecule has 0 unspecified atom stereocenters. The first-order valence-electron chi connectivity index (χ1n) is 5.87. The molecular formula is C13H10N6O. The third-order valence-corrected chi connectivity index (χ3v) is 2.59. The zero-order valence-electron chi connectivity index (χ0n) is 10.3. The van der Waals surface area contributed by atoms with E-state index in [1.807, 2.05) is 12.1 Å². The lowest BCUT2D eigenvalue weighted by molar-refractivity contribution is 0.102. The van der Waals surface area contributed by atoms with Gasteiger partial charge in [-0.2, -0.15) is 5.10 Å². The zero-order chi connectivity index (χ0) is 13.8. The van der Waals surface area contributed by atoms with Gasteiger partial charge >= 0.3 is 0 Å². The van der Waals surface area contributed by atoms with Gasteiger partial charge in [0.15, 0.2) is 0 Å². The van der Waals surface area contributed by atoms with Crippen LogP contribution < -0.4 is 5.32 Å². The van der Waals surface area contributed by atoms with Crippen molar-refractivity contribution in [2.45, 2.75) is 0 Å². The highest BCUT2D eigenvalue weighted by Crippen LogP contribution is 2.16. The molecule has 3 aromatic rings. The van der Waals surface area contributed by atoms with Crippen molar-refractivity contribution in [2.75, 3.05) is 5.32 Å². The molecule has 0 bridgehead atoms. The molecule has 1 amide bonds. The molecule has 3 aromatic heterocycles. The fraction of sp³-hybridized carbons (Fsp3) is 0. The lowest BCUT2D eigenvalue weighted by Gasteiger charge is -1.99. The minimum atomic E-state index is -0.344. The van der Waals surface area contributed by atoms with E-state index in [0.29, 0.717) is 11.4 Å². The van der Waals surface area contributed by atoms with Gasteiger partial charge in [-0.25, -0.2) is 9.97 Å². The summed E-state index contributed by atoms with van der Waals surface area (Å²) in [6.07, 6.45) is 6.44. The minimum absolute atomic E-state index is 0.248. The number of nitrogens with one attached hydrogen (secondary N) is 2. The normalized spacial score (nSPS) is 10.2. The molecule has 98 valence electrons. The Hall–Kier alpha value is -3.09. The monoisotopic (exact) mass is 266 g/mol. The van der Waals surface area contributed by atoms with Crippen molar-refractivity contribution in [3.63, 3.8) is 0 Å². The first-order valence-corrected chi connectivity index (χ1v) is 5.87. The summed E-state index contributed by atoms with van der Waals surface area (Å²) in [5.74, 6) is -0.0958. The maximum Gasteiger partial charge on any atom is 0.276 e. The molecule has 0 aliphatic heterocycles. The summed E-state index contributed by atoms with van der Waals surface area (Å²) in [6.45, 7) is 0. The molecular weight excluding hydrogens is 256 g/mol. The second-order valence-corrected chi connectivity index (χ2v) is 3.93. The lowest BCUT2D eigenvalue weighted by atomic mass is 10.2. The molecule has 3 heterocycles. The van der Waals surface area contributed by atoms with Crippen LogP contribution in [0.5, 0.6) is 0 Å². The Morgan fingerprint density at radius 2 is 1.85 bits per heavy atom. The molecule has 20 heavy (non-hydrogen) atoms. The van der Waals surface area contributed by atoms with Crippen LogP contribution in [-0.2, 0) is 0 Å². The molecule has 0 fully saturated rings. The van der Waals surface area contributed by atoms with E-state index >= 15 is 0 Å². The maximum atomic E-state index is 12.0. The number of carbonyl (C=O) groups excluding carboxylic acids is 1. The van der Waals surface area contributed by atoms with Crippen LogP contribution in [0.3, 0.4) is 0 Å². The summed E-state index contributed by atoms with van der Waals surface area (Å²) < 4.78 is 0. The molecule has 0 saturated carbocycles. The van der Waals surface area contributed by atoms with Crippen LogP contribution in [-0.4, -0.2) is 31.1 Å². The summed E-state index contributed by atoms with van der Waals surface area (Å²) >= 11 is 0. The van der Waals surface area contributed by atoms with Crippen LogP contribution in [0.25, 0.3) is 11.3 Å². The molecule has 0 spiro atoms. The van der Waals surface area contributed by atoms with Crippen molar-refractivity contribution in [1.82, 2.24) is 25.1 Å². The van der Waals surface area contributed by atoms with Gasteiger partial charge in [0.25, 0.3) is 5.91 Å². The zero-order valence-corrected chi connectivity index (χ0v) is 10.3. The lowest BCUT2D eigenvalue weighted by Crippen LogP contribution is -2.14. The summed E-state index contributed by atoms with van der Waals surface area (Å²) in [5.41, 5.74) is 1.89. The summed E-state index contributed by atoms with van der Waals surface area (Å²) in [7, 11) is 0. The molecule has 2 N–H and O–H groups in total. The van der Waals surface area contributed by atoms with Crippen molar-refractivity contribution in [3.8, 4) is 11.3 Å². The van der Waals surface area contributed by atoms with E-state index in [-0.39, 0.29) is 11.9 Å². The first-order chi connectivity index (χ1) is 9.83. The fourth-order valence-corrected chi connectivity index (χ4v) is 1.64. The number of hydrogen-bond donors (Lipinski definition) is 2. The average molecular weight is 266 g/mol. The van der Waals surface area contributed by atoms with E-state index in [0.717, 1.165) is 5.56 Å². The fourth-order valence-electron chi connectivity index (χ4n) is 1.64. The van der Waals surface area contributed by atoms with Gasteiger partial charge in [0, 0.05) is 30.4 Å². The Labute approximate surface area is 114 Å². The smallest absolute Gasteiger partial charge is 0.276 e. The molecule has 0 atom stereocenters. The third-order valence-electron chi connectivity index (χ3n) is 2.59. The van der Waals surface area contributed by atoms with Crippen molar-refractivity contribution in [3.05, 3.63) is 54.7 Å². The number of carbonyl (C=O) groups is 1. The number of H-pyrrole nitrogens is 1. The van der Waals surface area contributed by atoms with Crippen LogP contribution in [0, 0.1) is 0 Å². The average Bonchev–Trinajstić information content (AvgIpc) is 2.99. The van der Waals surface area contributed by atoms with Gasteiger partial charge in [-0.05, 0) is 24.3 Å². The molecule has 0 aliphatic rings. The highest BCUT2D eigenvalue weighted by atomic mass is 16.2. The molecule has 0 saturated heterocycles. The predicted octanol–water partition coefficient (Wildman–Crippen LogP) is 1.51. The van der Waals surface area contributed by atoms with Gasteiger partial charge in [0.1, 0.15) is 5.69 Å². The van der Waals surface area contributed by atoms with E-state index in [9.17, 15) is 4.79 Å². The molecule has 0 aromatic carbocycles. The second kappa shape index (κ2) is 5.27. The molecule has 7 nitrogen and oxygen atoms in total. The van der Waals surface area contributed by atoms with Crippen molar-refractivity contribution in [2.24, 2.45) is 0 Å². The highest BCUT2D eigenvalue weighted by Gasteiger charge is 2.11. The molecule has 3 rings (SSSR count). The van der Waals surface area contributed by atoms with E-state index in [4.69, 9.17) is 0 Å². The van der Waals surface area contributed by atoms with Crippen LogP contribution in [0.2, 0.25) is 0 Å². The molecule has 0 radical (unpaired) electrons. The third kappa shape index (κ3) is 2.51. The SMILES string of the molecule is O=C(Nc1ncccn1)c1cc(-c2ccncc2)n[nH]1. The Balaban J connectivity index is 1.79. The minimum Gasteiger partial charge on any atom is -0.289 e. The summed E-state index contributed by atoms with van der Waals surface area (Å²) in [4.78, 5) is 23.8. The Morgan fingerprint density at radius 3 is 2.60 bits per heavy atom. The van der Waals surface area contributed by atoms with Crippen LogP contribution >= 0.6 is 0 Å². The van der Waals surface area contributed by atoms with E-state index < -0.39 is 0 Å². The number of amides is 1. The first kappa shape index (κ1) is 12.0. The Morgan fingerprint density at radius 1 is 1.10 bits per heavy atom.